The van der Waals surface area contributed by atoms with Crippen molar-refractivity contribution < 1.29 is 14.3 Å². The topological polar surface area (TPSA) is 40.5 Å². The van der Waals surface area contributed by atoms with Gasteiger partial charge in [-0.15, -0.1) is 0 Å². The van der Waals surface area contributed by atoms with Gasteiger partial charge in [-0.1, -0.05) is 32.6 Å². The Bertz CT molecular complexity index is 564. The summed E-state index contributed by atoms with van der Waals surface area (Å²) in [4.78, 5) is 14.1. The Hall–Kier alpha value is -1.86. The van der Waals surface area contributed by atoms with Crippen LogP contribution in [-0.2, 0) is 0 Å². The first-order valence-electron chi connectivity index (χ1n) is 6.89. The van der Waals surface area contributed by atoms with Crippen molar-refractivity contribution in [3.63, 3.8) is 0 Å². The van der Waals surface area contributed by atoms with E-state index in [2.05, 4.69) is 11.8 Å². The molecule has 0 bridgehead atoms. The summed E-state index contributed by atoms with van der Waals surface area (Å²) in [7, 11) is 1.72. The number of nitrogens with zero attached hydrogens (tertiary/aromatic N) is 1. The van der Waals surface area contributed by atoms with Crippen LogP contribution in [0.1, 0.15) is 43.1 Å². The third-order valence-electron chi connectivity index (χ3n) is 2.73. The fraction of sp³-hybridized carbons (Fsp3) is 0.471. The lowest BCUT2D eigenvalue weighted by atomic mass is 9.95. The Morgan fingerprint density at radius 2 is 2.05 bits per heavy atom. The van der Waals surface area contributed by atoms with Crippen LogP contribution < -0.4 is 0 Å². The van der Waals surface area contributed by atoms with Gasteiger partial charge < -0.3 is 10.0 Å². The molecule has 0 aliphatic heterocycles. The van der Waals surface area contributed by atoms with Gasteiger partial charge in [-0.25, -0.2) is 4.39 Å². The molecule has 0 aromatic heterocycles. The molecule has 0 radical (unpaired) electrons. The molecule has 1 aromatic carbocycles. The molecule has 21 heavy (non-hydrogen) atoms. The maximum atomic E-state index is 13.3. The second-order valence-corrected chi connectivity index (χ2v) is 6.19. The number of benzene rings is 1. The third-order valence-corrected chi connectivity index (χ3v) is 2.73. The molecule has 1 aromatic rings. The summed E-state index contributed by atoms with van der Waals surface area (Å²) in [6, 6.07) is 3.97. The van der Waals surface area contributed by atoms with Gasteiger partial charge in [-0.05, 0) is 23.6 Å². The molecule has 3 nitrogen and oxygen atoms in total. The summed E-state index contributed by atoms with van der Waals surface area (Å²) < 4.78 is 13.3. The number of carbonyl (C=O) groups is 1. The first-order chi connectivity index (χ1) is 9.74. The number of carbonyl (C=O) groups excluding carboxylic acids is 1. The van der Waals surface area contributed by atoms with Gasteiger partial charge in [0, 0.05) is 25.6 Å². The van der Waals surface area contributed by atoms with E-state index in [4.69, 9.17) is 5.11 Å². The molecule has 0 aliphatic rings. The van der Waals surface area contributed by atoms with Gasteiger partial charge in [0.2, 0.25) is 0 Å². The summed E-state index contributed by atoms with van der Waals surface area (Å²) in [5.41, 5.74) is 0.718. The quantitative estimate of drug-likeness (QED) is 0.870. The Morgan fingerprint density at radius 3 is 2.62 bits per heavy atom. The summed E-state index contributed by atoms with van der Waals surface area (Å²) in [6.45, 7) is 6.67. The van der Waals surface area contributed by atoms with E-state index in [1.807, 2.05) is 20.8 Å². The average molecular weight is 291 g/mol. The predicted molar refractivity (Wildman–Crippen MR) is 81.4 cm³/mol. The molecule has 1 amide bonds. The highest BCUT2D eigenvalue weighted by Gasteiger charge is 2.20. The van der Waals surface area contributed by atoms with Crippen molar-refractivity contribution in [1.29, 1.82) is 0 Å². The fourth-order valence-electron chi connectivity index (χ4n) is 2.01. The van der Waals surface area contributed by atoms with Crippen LogP contribution in [0.5, 0.6) is 0 Å². The first kappa shape index (κ1) is 17.2. The van der Waals surface area contributed by atoms with Gasteiger partial charge in [0.1, 0.15) is 5.82 Å². The molecular formula is C17H22FNO2. The lowest BCUT2D eigenvalue weighted by Crippen LogP contribution is -2.34. The SMILES string of the molecule is CN(CC(C)(C)C)C(=O)c1ccc(F)cc1C#CCCO. The first-order valence-corrected chi connectivity index (χ1v) is 6.89. The smallest absolute Gasteiger partial charge is 0.254 e. The zero-order valence-corrected chi connectivity index (χ0v) is 13.0. The summed E-state index contributed by atoms with van der Waals surface area (Å²) in [5.74, 6) is 4.87. The van der Waals surface area contributed by atoms with Gasteiger partial charge >= 0.3 is 0 Å². The number of aliphatic hydroxyl groups is 1. The van der Waals surface area contributed by atoms with E-state index >= 15 is 0 Å². The minimum Gasteiger partial charge on any atom is -0.395 e. The molecule has 114 valence electrons. The van der Waals surface area contributed by atoms with Crippen LogP contribution in [-0.4, -0.2) is 36.1 Å². The molecule has 0 spiro atoms. The van der Waals surface area contributed by atoms with Crippen molar-refractivity contribution in [3.8, 4) is 11.8 Å². The second-order valence-electron chi connectivity index (χ2n) is 6.19. The molecule has 0 saturated heterocycles. The van der Waals surface area contributed by atoms with Gasteiger partial charge in [-0.2, -0.15) is 0 Å². The van der Waals surface area contributed by atoms with Crippen molar-refractivity contribution in [2.45, 2.75) is 27.2 Å². The van der Waals surface area contributed by atoms with Gasteiger partial charge in [0.25, 0.3) is 5.91 Å². The lowest BCUT2D eigenvalue weighted by Gasteiger charge is -2.27. The monoisotopic (exact) mass is 291 g/mol. The van der Waals surface area contributed by atoms with E-state index in [9.17, 15) is 9.18 Å². The van der Waals surface area contributed by atoms with Crippen LogP contribution in [0.4, 0.5) is 4.39 Å². The number of hydrogen-bond acceptors (Lipinski definition) is 2. The molecule has 0 saturated carbocycles. The molecule has 0 atom stereocenters. The van der Waals surface area contributed by atoms with Crippen LogP contribution in [0.15, 0.2) is 18.2 Å². The molecule has 0 aliphatic carbocycles. The molecular weight excluding hydrogens is 269 g/mol. The minimum absolute atomic E-state index is 0.0207. The van der Waals surface area contributed by atoms with Crippen LogP contribution in [0.3, 0.4) is 0 Å². The molecule has 0 heterocycles. The number of hydrogen-bond donors (Lipinski definition) is 1. The molecule has 0 fully saturated rings. The van der Waals surface area contributed by atoms with Crippen molar-refractivity contribution in [1.82, 2.24) is 4.90 Å². The van der Waals surface area contributed by atoms with E-state index < -0.39 is 5.82 Å². The van der Waals surface area contributed by atoms with Gasteiger partial charge in [-0.3, -0.25) is 4.79 Å². The highest BCUT2D eigenvalue weighted by molar-refractivity contribution is 5.96. The summed E-state index contributed by atoms with van der Waals surface area (Å²) in [6.07, 6.45) is 0.294. The number of amides is 1. The normalized spacial score (nSPS) is 10.8. The van der Waals surface area contributed by atoms with E-state index in [1.54, 1.807) is 11.9 Å². The van der Waals surface area contributed by atoms with Crippen molar-refractivity contribution in [2.24, 2.45) is 5.41 Å². The molecule has 1 N–H and O–H groups in total. The zero-order valence-electron chi connectivity index (χ0n) is 13.0. The van der Waals surface area contributed by atoms with E-state index in [-0.39, 0.29) is 17.9 Å². The third kappa shape index (κ3) is 5.57. The Morgan fingerprint density at radius 1 is 1.38 bits per heavy atom. The highest BCUT2D eigenvalue weighted by atomic mass is 19.1. The summed E-state index contributed by atoms with van der Waals surface area (Å²) in [5, 5.41) is 8.74. The highest BCUT2D eigenvalue weighted by Crippen LogP contribution is 2.18. The van der Waals surface area contributed by atoms with Crippen molar-refractivity contribution >= 4 is 5.91 Å². The molecule has 4 heteroatoms. The zero-order chi connectivity index (χ0) is 16.0. The van der Waals surface area contributed by atoms with Crippen LogP contribution >= 0.6 is 0 Å². The number of aliphatic hydroxyl groups excluding tert-OH is 1. The van der Waals surface area contributed by atoms with Crippen molar-refractivity contribution in [2.75, 3.05) is 20.2 Å². The largest absolute Gasteiger partial charge is 0.395 e. The van der Waals surface area contributed by atoms with E-state index in [0.29, 0.717) is 24.1 Å². The Balaban J connectivity index is 3.07. The number of rotatable bonds is 3. The van der Waals surface area contributed by atoms with E-state index in [1.165, 1.54) is 18.2 Å². The van der Waals surface area contributed by atoms with Crippen LogP contribution in [0, 0.1) is 23.1 Å². The Kier molecular flexibility index (Phi) is 5.92. The maximum Gasteiger partial charge on any atom is 0.254 e. The number of halogens is 1. The standard InChI is InChI=1S/C17H22FNO2/c1-17(2,3)12-19(4)16(21)15-9-8-14(18)11-13(15)7-5-6-10-20/h8-9,11,20H,6,10,12H2,1-4H3. The Labute approximate surface area is 125 Å². The van der Waals surface area contributed by atoms with Crippen LogP contribution in [0.2, 0.25) is 0 Å². The summed E-state index contributed by atoms with van der Waals surface area (Å²) >= 11 is 0. The van der Waals surface area contributed by atoms with Crippen molar-refractivity contribution in [3.05, 3.63) is 35.1 Å². The van der Waals surface area contributed by atoms with E-state index in [0.717, 1.165) is 0 Å². The average Bonchev–Trinajstić information content (AvgIpc) is 2.36. The predicted octanol–water partition coefficient (Wildman–Crippen LogP) is 2.68. The van der Waals surface area contributed by atoms with Crippen LogP contribution in [0.25, 0.3) is 0 Å². The maximum absolute atomic E-state index is 13.3. The van der Waals surface area contributed by atoms with Gasteiger partial charge in [0.05, 0.1) is 12.2 Å². The fourth-order valence-corrected chi connectivity index (χ4v) is 2.01. The second kappa shape index (κ2) is 7.24. The van der Waals surface area contributed by atoms with Gasteiger partial charge in [0.15, 0.2) is 0 Å². The molecule has 1 rings (SSSR count). The minimum atomic E-state index is -0.432. The lowest BCUT2D eigenvalue weighted by molar-refractivity contribution is 0.0745. The molecule has 0 unspecified atom stereocenters.